The Morgan fingerprint density at radius 1 is 0.963 bits per heavy atom. The summed E-state index contributed by atoms with van der Waals surface area (Å²) in [6.07, 6.45) is 3.25. The van der Waals surface area contributed by atoms with E-state index in [0.29, 0.717) is 17.3 Å². The summed E-state index contributed by atoms with van der Waals surface area (Å²) < 4.78 is 6.82. The van der Waals surface area contributed by atoms with E-state index in [1.165, 1.54) is 6.08 Å². The van der Waals surface area contributed by atoms with E-state index < -0.39 is 0 Å². The first-order chi connectivity index (χ1) is 13.1. The van der Waals surface area contributed by atoms with E-state index >= 15 is 0 Å². The Morgan fingerprint density at radius 2 is 1.63 bits per heavy atom. The maximum absolute atomic E-state index is 12.0. The zero-order valence-electron chi connectivity index (χ0n) is 14.4. The Bertz CT molecular complexity index is 920. The van der Waals surface area contributed by atoms with Crippen LogP contribution in [0.5, 0.6) is 5.75 Å². The molecule has 0 spiro atoms. The fourth-order valence-electron chi connectivity index (χ4n) is 2.31. The summed E-state index contributed by atoms with van der Waals surface area (Å²) in [7, 11) is 0. The number of carbonyl (C=O) groups is 1. The minimum Gasteiger partial charge on any atom is -0.489 e. The Balaban J connectivity index is 1.51. The van der Waals surface area contributed by atoms with Crippen molar-refractivity contribution in [2.75, 3.05) is 5.32 Å². The second-order valence-corrected chi connectivity index (χ2v) is 7.17. The van der Waals surface area contributed by atoms with Crippen LogP contribution in [0.3, 0.4) is 0 Å². The van der Waals surface area contributed by atoms with E-state index in [9.17, 15) is 4.79 Å². The van der Waals surface area contributed by atoms with Crippen LogP contribution in [0, 0.1) is 0 Å². The summed E-state index contributed by atoms with van der Waals surface area (Å²) in [4.78, 5) is 12.0. The van der Waals surface area contributed by atoms with Gasteiger partial charge in [-0.05, 0) is 65.7 Å². The maximum atomic E-state index is 12.0. The number of ether oxygens (including phenoxy) is 1. The van der Waals surface area contributed by atoms with Gasteiger partial charge in [0.25, 0.3) is 0 Å². The molecule has 0 aliphatic heterocycles. The third-order valence-electron chi connectivity index (χ3n) is 3.74. The van der Waals surface area contributed by atoms with Crippen molar-refractivity contribution in [3.63, 3.8) is 0 Å². The van der Waals surface area contributed by atoms with E-state index in [1.54, 1.807) is 30.3 Å². The van der Waals surface area contributed by atoms with Gasteiger partial charge in [0.2, 0.25) is 5.91 Å². The second kappa shape index (κ2) is 9.40. The average molecular weight is 443 g/mol. The van der Waals surface area contributed by atoms with Crippen molar-refractivity contribution >= 4 is 45.2 Å². The maximum Gasteiger partial charge on any atom is 0.248 e. The fourth-order valence-corrected chi connectivity index (χ4v) is 2.70. The topological polar surface area (TPSA) is 38.3 Å². The predicted molar refractivity (Wildman–Crippen MR) is 114 cm³/mol. The van der Waals surface area contributed by atoms with Crippen LogP contribution in [-0.2, 0) is 11.4 Å². The predicted octanol–water partition coefficient (Wildman–Crippen LogP) is 6.33. The van der Waals surface area contributed by atoms with E-state index in [0.717, 1.165) is 21.3 Å². The SMILES string of the molecule is O=C(/C=C/c1ccc(OCc2ccc(Br)cc2)cc1)Nc1ccc(Cl)cc1. The van der Waals surface area contributed by atoms with Gasteiger partial charge in [0.15, 0.2) is 0 Å². The highest BCUT2D eigenvalue weighted by molar-refractivity contribution is 9.10. The smallest absolute Gasteiger partial charge is 0.248 e. The van der Waals surface area contributed by atoms with Crippen LogP contribution >= 0.6 is 27.5 Å². The molecular weight excluding hydrogens is 426 g/mol. The van der Waals surface area contributed by atoms with Crippen molar-refractivity contribution in [3.8, 4) is 5.75 Å². The molecule has 0 unspecified atom stereocenters. The van der Waals surface area contributed by atoms with Crippen LogP contribution in [-0.4, -0.2) is 5.91 Å². The first-order valence-corrected chi connectivity index (χ1v) is 9.47. The molecule has 0 atom stereocenters. The summed E-state index contributed by atoms with van der Waals surface area (Å²) >= 11 is 9.24. The number of hydrogen-bond donors (Lipinski definition) is 1. The minimum atomic E-state index is -0.201. The van der Waals surface area contributed by atoms with Gasteiger partial charge in [0.05, 0.1) is 0 Å². The number of amides is 1. The second-order valence-electron chi connectivity index (χ2n) is 5.81. The molecule has 5 heteroatoms. The summed E-state index contributed by atoms with van der Waals surface area (Å²) in [6.45, 7) is 0.506. The van der Waals surface area contributed by atoms with E-state index in [4.69, 9.17) is 16.3 Å². The lowest BCUT2D eigenvalue weighted by molar-refractivity contribution is -0.111. The third-order valence-corrected chi connectivity index (χ3v) is 4.52. The molecule has 0 aromatic heterocycles. The molecule has 27 heavy (non-hydrogen) atoms. The van der Waals surface area contributed by atoms with Crippen molar-refractivity contribution in [2.45, 2.75) is 6.61 Å². The molecule has 0 aliphatic carbocycles. The third kappa shape index (κ3) is 6.27. The van der Waals surface area contributed by atoms with Crippen LogP contribution in [0.1, 0.15) is 11.1 Å². The van der Waals surface area contributed by atoms with Gasteiger partial charge in [-0.1, -0.05) is 51.8 Å². The Hall–Kier alpha value is -2.56. The van der Waals surface area contributed by atoms with Crippen molar-refractivity contribution in [3.05, 3.63) is 99.5 Å². The molecule has 3 aromatic rings. The number of benzene rings is 3. The molecule has 0 fully saturated rings. The van der Waals surface area contributed by atoms with E-state index in [2.05, 4.69) is 21.2 Å². The number of rotatable bonds is 6. The normalized spacial score (nSPS) is 10.7. The monoisotopic (exact) mass is 441 g/mol. The van der Waals surface area contributed by atoms with Gasteiger partial charge >= 0.3 is 0 Å². The zero-order valence-corrected chi connectivity index (χ0v) is 16.7. The minimum absolute atomic E-state index is 0.201. The van der Waals surface area contributed by atoms with Crippen LogP contribution in [0.4, 0.5) is 5.69 Å². The molecule has 0 radical (unpaired) electrons. The molecule has 0 saturated heterocycles. The lowest BCUT2D eigenvalue weighted by Gasteiger charge is -2.06. The van der Waals surface area contributed by atoms with Gasteiger partial charge in [-0.2, -0.15) is 0 Å². The van der Waals surface area contributed by atoms with Crippen LogP contribution in [0.2, 0.25) is 5.02 Å². The number of hydrogen-bond acceptors (Lipinski definition) is 2. The summed E-state index contributed by atoms with van der Waals surface area (Å²) in [6, 6.07) is 22.6. The van der Waals surface area contributed by atoms with Gasteiger partial charge in [0, 0.05) is 21.3 Å². The lowest BCUT2D eigenvalue weighted by Crippen LogP contribution is -2.07. The molecular formula is C22H17BrClNO2. The Labute approximate surface area is 171 Å². The molecule has 3 rings (SSSR count). The molecule has 3 aromatic carbocycles. The largest absolute Gasteiger partial charge is 0.489 e. The van der Waals surface area contributed by atoms with Gasteiger partial charge in [-0.25, -0.2) is 0 Å². The van der Waals surface area contributed by atoms with Crippen molar-refractivity contribution in [1.29, 1.82) is 0 Å². The van der Waals surface area contributed by atoms with E-state index in [-0.39, 0.29) is 5.91 Å². The highest BCUT2D eigenvalue weighted by Crippen LogP contribution is 2.17. The molecule has 136 valence electrons. The fraction of sp³-hybridized carbons (Fsp3) is 0.0455. The molecule has 0 aliphatic rings. The summed E-state index contributed by atoms with van der Waals surface area (Å²) in [5, 5.41) is 3.41. The van der Waals surface area contributed by atoms with E-state index in [1.807, 2.05) is 48.5 Å². The Morgan fingerprint density at radius 3 is 2.30 bits per heavy atom. The van der Waals surface area contributed by atoms with Gasteiger partial charge in [0.1, 0.15) is 12.4 Å². The van der Waals surface area contributed by atoms with Crippen molar-refractivity contribution in [1.82, 2.24) is 0 Å². The molecule has 3 nitrogen and oxygen atoms in total. The number of carbonyl (C=O) groups excluding carboxylic acids is 1. The van der Waals surface area contributed by atoms with Crippen LogP contribution < -0.4 is 10.1 Å². The zero-order chi connectivity index (χ0) is 19.1. The van der Waals surface area contributed by atoms with Crippen LogP contribution in [0.25, 0.3) is 6.08 Å². The Kier molecular flexibility index (Phi) is 6.69. The van der Waals surface area contributed by atoms with Gasteiger partial charge in [-0.3, -0.25) is 4.79 Å². The lowest BCUT2D eigenvalue weighted by atomic mass is 10.2. The number of nitrogens with one attached hydrogen (secondary N) is 1. The summed E-state index contributed by atoms with van der Waals surface area (Å²) in [5.74, 6) is 0.577. The van der Waals surface area contributed by atoms with Gasteiger partial charge < -0.3 is 10.1 Å². The highest BCUT2D eigenvalue weighted by Gasteiger charge is 1.99. The first-order valence-electron chi connectivity index (χ1n) is 8.30. The molecule has 1 amide bonds. The molecule has 0 bridgehead atoms. The van der Waals surface area contributed by atoms with Crippen LogP contribution in [0.15, 0.2) is 83.3 Å². The molecule has 0 heterocycles. The standard InChI is InChI=1S/C22H17BrClNO2/c23-18-6-1-17(2-7-18)15-27-21-12-3-16(4-13-21)5-14-22(26)25-20-10-8-19(24)9-11-20/h1-14H,15H2,(H,25,26)/b14-5+. The van der Waals surface area contributed by atoms with Crippen molar-refractivity contribution < 1.29 is 9.53 Å². The van der Waals surface area contributed by atoms with Gasteiger partial charge in [-0.15, -0.1) is 0 Å². The number of halogens is 2. The first kappa shape index (κ1) is 19.2. The quantitative estimate of drug-likeness (QED) is 0.453. The number of anilines is 1. The average Bonchev–Trinajstić information content (AvgIpc) is 2.68. The highest BCUT2D eigenvalue weighted by atomic mass is 79.9. The molecule has 0 saturated carbocycles. The molecule has 1 N–H and O–H groups in total. The van der Waals surface area contributed by atoms with Crippen molar-refractivity contribution in [2.24, 2.45) is 0 Å². The summed E-state index contributed by atoms with van der Waals surface area (Å²) in [5.41, 5.74) is 2.71.